The molecular formula is C12H22N2O2. The third-order valence-electron chi connectivity index (χ3n) is 4.05. The fourth-order valence-corrected chi connectivity index (χ4v) is 2.83. The van der Waals surface area contributed by atoms with E-state index in [-0.39, 0.29) is 29.8 Å². The summed E-state index contributed by atoms with van der Waals surface area (Å²) in [5, 5.41) is 3.40. The molecule has 16 heavy (non-hydrogen) atoms. The van der Waals surface area contributed by atoms with E-state index >= 15 is 0 Å². The van der Waals surface area contributed by atoms with Crippen LogP contribution in [0.2, 0.25) is 0 Å². The summed E-state index contributed by atoms with van der Waals surface area (Å²) in [6.07, 6.45) is 2.06. The molecule has 0 aliphatic carbocycles. The first-order valence-corrected chi connectivity index (χ1v) is 6.21. The maximum absolute atomic E-state index is 12.4. The van der Waals surface area contributed by atoms with E-state index in [1.807, 2.05) is 11.8 Å². The third-order valence-corrected chi connectivity index (χ3v) is 4.05. The largest absolute Gasteiger partial charge is 0.376 e. The number of rotatable bonds is 2. The van der Waals surface area contributed by atoms with Crippen LogP contribution in [0.4, 0.5) is 0 Å². The summed E-state index contributed by atoms with van der Waals surface area (Å²) in [5.41, 5.74) is -0.387. The minimum absolute atomic E-state index is 0.117. The summed E-state index contributed by atoms with van der Waals surface area (Å²) in [6, 6.07) is 0.239. The van der Waals surface area contributed by atoms with E-state index in [2.05, 4.69) is 26.1 Å². The molecule has 0 radical (unpaired) electrons. The lowest BCUT2D eigenvalue weighted by molar-refractivity contribution is -0.135. The molecule has 0 aromatic carbocycles. The summed E-state index contributed by atoms with van der Waals surface area (Å²) in [6.45, 7) is 8.93. The lowest BCUT2D eigenvalue weighted by atomic mass is 9.98. The minimum atomic E-state index is -0.387. The van der Waals surface area contributed by atoms with Crippen LogP contribution >= 0.6 is 0 Å². The highest BCUT2D eigenvalue weighted by atomic mass is 16.5. The fourth-order valence-electron chi connectivity index (χ4n) is 2.83. The normalized spacial score (nSPS) is 44.4. The van der Waals surface area contributed by atoms with Crippen LogP contribution in [-0.4, -0.2) is 41.3 Å². The molecule has 2 aliphatic heterocycles. The van der Waals surface area contributed by atoms with Crippen LogP contribution in [0.5, 0.6) is 0 Å². The zero-order valence-corrected chi connectivity index (χ0v) is 10.6. The van der Waals surface area contributed by atoms with Crippen molar-refractivity contribution in [2.45, 2.75) is 64.4 Å². The van der Waals surface area contributed by atoms with Gasteiger partial charge in [0.1, 0.15) is 0 Å². The summed E-state index contributed by atoms with van der Waals surface area (Å²) >= 11 is 0. The molecule has 1 amide bonds. The zero-order chi connectivity index (χ0) is 11.9. The Morgan fingerprint density at radius 1 is 1.56 bits per heavy atom. The monoisotopic (exact) mass is 226 g/mol. The van der Waals surface area contributed by atoms with Gasteiger partial charge in [0.05, 0.1) is 23.9 Å². The van der Waals surface area contributed by atoms with Crippen molar-refractivity contribution < 1.29 is 9.53 Å². The predicted octanol–water partition coefficient (Wildman–Crippen LogP) is 1.11. The van der Waals surface area contributed by atoms with Crippen LogP contribution < -0.4 is 5.32 Å². The number of nitrogens with one attached hydrogen (secondary N) is 1. The van der Waals surface area contributed by atoms with Gasteiger partial charge in [-0.15, -0.1) is 0 Å². The van der Waals surface area contributed by atoms with Gasteiger partial charge >= 0.3 is 0 Å². The van der Waals surface area contributed by atoms with Crippen LogP contribution in [0.1, 0.15) is 40.5 Å². The molecule has 4 unspecified atom stereocenters. The first kappa shape index (κ1) is 11.9. The van der Waals surface area contributed by atoms with Gasteiger partial charge in [0, 0.05) is 6.61 Å². The van der Waals surface area contributed by atoms with E-state index in [0.717, 1.165) is 19.4 Å². The van der Waals surface area contributed by atoms with Crippen LogP contribution in [-0.2, 0) is 9.53 Å². The number of carbonyl (C=O) groups is 1. The third kappa shape index (κ3) is 1.64. The Kier molecular flexibility index (Phi) is 2.97. The molecule has 0 spiro atoms. The van der Waals surface area contributed by atoms with Gasteiger partial charge in [-0.1, -0.05) is 6.92 Å². The second-order valence-electron chi connectivity index (χ2n) is 5.15. The van der Waals surface area contributed by atoms with Crippen LogP contribution in [0.3, 0.4) is 0 Å². The standard InChI is InChI=1S/C12H22N2O2/c1-5-12(4)11(15)14(9(3)13-12)10-6-7-16-8(10)2/h8-10,13H,5-7H2,1-4H3. The Bertz CT molecular complexity index is 295. The number of nitrogens with zero attached hydrogens (tertiary/aromatic N) is 1. The minimum Gasteiger partial charge on any atom is -0.376 e. The summed E-state index contributed by atoms with van der Waals surface area (Å²) in [4.78, 5) is 14.4. The lowest BCUT2D eigenvalue weighted by Crippen LogP contribution is -2.47. The number of carbonyl (C=O) groups excluding carboxylic acids is 1. The number of hydrogen-bond acceptors (Lipinski definition) is 3. The summed E-state index contributed by atoms with van der Waals surface area (Å²) < 4.78 is 5.55. The van der Waals surface area contributed by atoms with Crippen molar-refractivity contribution >= 4 is 5.91 Å². The summed E-state index contributed by atoms with van der Waals surface area (Å²) in [5.74, 6) is 0.227. The first-order chi connectivity index (χ1) is 7.49. The van der Waals surface area contributed by atoms with Crippen LogP contribution in [0, 0.1) is 0 Å². The van der Waals surface area contributed by atoms with E-state index in [9.17, 15) is 4.79 Å². The van der Waals surface area contributed by atoms with Gasteiger partial charge in [-0.05, 0) is 33.6 Å². The fraction of sp³-hybridized carbons (Fsp3) is 0.917. The molecule has 2 aliphatic rings. The number of ether oxygens (including phenoxy) is 1. The van der Waals surface area contributed by atoms with Gasteiger partial charge < -0.3 is 9.64 Å². The van der Waals surface area contributed by atoms with Crippen molar-refractivity contribution in [3.8, 4) is 0 Å². The first-order valence-electron chi connectivity index (χ1n) is 6.21. The molecule has 0 aromatic heterocycles. The Morgan fingerprint density at radius 2 is 2.25 bits per heavy atom. The van der Waals surface area contributed by atoms with Gasteiger partial charge in [-0.3, -0.25) is 10.1 Å². The van der Waals surface area contributed by atoms with E-state index in [1.54, 1.807) is 0 Å². The highest BCUT2D eigenvalue weighted by Crippen LogP contribution is 2.30. The van der Waals surface area contributed by atoms with Gasteiger partial charge in [0.25, 0.3) is 0 Å². The van der Waals surface area contributed by atoms with Crippen molar-refractivity contribution in [3.63, 3.8) is 0 Å². The van der Waals surface area contributed by atoms with E-state index in [0.29, 0.717) is 0 Å². The average molecular weight is 226 g/mol. The second kappa shape index (κ2) is 4.00. The molecule has 4 heteroatoms. The average Bonchev–Trinajstić information content (AvgIpc) is 2.72. The van der Waals surface area contributed by atoms with Gasteiger partial charge in [0.2, 0.25) is 5.91 Å². The Hall–Kier alpha value is -0.610. The zero-order valence-electron chi connectivity index (χ0n) is 10.6. The highest BCUT2D eigenvalue weighted by molar-refractivity contribution is 5.88. The van der Waals surface area contributed by atoms with E-state index in [4.69, 9.17) is 4.74 Å². The Morgan fingerprint density at radius 3 is 2.69 bits per heavy atom. The topological polar surface area (TPSA) is 41.6 Å². The van der Waals surface area contributed by atoms with E-state index in [1.165, 1.54) is 0 Å². The molecule has 2 saturated heterocycles. The SMILES string of the molecule is CCC1(C)NC(C)N(C2CCOC2C)C1=O. The highest BCUT2D eigenvalue weighted by Gasteiger charge is 2.49. The predicted molar refractivity (Wildman–Crippen MR) is 62.0 cm³/mol. The molecule has 1 N–H and O–H groups in total. The summed E-state index contributed by atoms with van der Waals surface area (Å²) in [7, 11) is 0. The quantitative estimate of drug-likeness (QED) is 0.767. The van der Waals surface area contributed by atoms with Crippen LogP contribution in [0.25, 0.3) is 0 Å². The van der Waals surface area contributed by atoms with Gasteiger partial charge in [0.15, 0.2) is 0 Å². The van der Waals surface area contributed by atoms with Crippen molar-refractivity contribution in [2.24, 2.45) is 0 Å². The van der Waals surface area contributed by atoms with E-state index < -0.39 is 0 Å². The Labute approximate surface area is 97.3 Å². The molecule has 2 rings (SSSR count). The number of hydrogen-bond donors (Lipinski definition) is 1. The smallest absolute Gasteiger partial charge is 0.244 e. The number of amides is 1. The molecule has 4 nitrogen and oxygen atoms in total. The molecule has 0 saturated carbocycles. The lowest BCUT2D eigenvalue weighted by Gasteiger charge is -2.30. The van der Waals surface area contributed by atoms with Gasteiger partial charge in [-0.2, -0.15) is 0 Å². The maximum Gasteiger partial charge on any atom is 0.244 e. The molecule has 92 valence electrons. The van der Waals surface area contributed by atoms with Crippen molar-refractivity contribution in [1.82, 2.24) is 10.2 Å². The van der Waals surface area contributed by atoms with Crippen molar-refractivity contribution in [2.75, 3.05) is 6.61 Å². The Balaban J connectivity index is 2.19. The molecule has 2 fully saturated rings. The molecule has 0 aromatic rings. The second-order valence-corrected chi connectivity index (χ2v) is 5.15. The van der Waals surface area contributed by atoms with Crippen molar-refractivity contribution in [1.29, 1.82) is 0 Å². The molecular weight excluding hydrogens is 204 g/mol. The van der Waals surface area contributed by atoms with Gasteiger partial charge in [-0.25, -0.2) is 0 Å². The molecule has 4 atom stereocenters. The van der Waals surface area contributed by atoms with Crippen molar-refractivity contribution in [3.05, 3.63) is 0 Å². The maximum atomic E-state index is 12.4. The molecule has 0 bridgehead atoms. The van der Waals surface area contributed by atoms with Crippen LogP contribution in [0.15, 0.2) is 0 Å². The molecule has 2 heterocycles.